The fourth-order valence-corrected chi connectivity index (χ4v) is 4.06. The maximum Gasteiger partial charge on any atom is 0.240 e. The molecule has 1 aliphatic rings. The molecular formula is C13H15N3O2S2. The molecule has 7 heteroatoms. The molecule has 0 spiro atoms. The van der Waals surface area contributed by atoms with Gasteiger partial charge in [0, 0.05) is 30.7 Å². The number of hydrogen-bond acceptors (Lipinski definition) is 5. The Kier molecular flexibility index (Phi) is 3.59. The first kappa shape index (κ1) is 13.7. The fraction of sp³-hybridized carbons (Fsp3) is 0.308. The number of thiazole rings is 1. The van der Waals surface area contributed by atoms with Crippen LogP contribution >= 0.6 is 11.3 Å². The van der Waals surface area contributed by atoms with Gasteiger partial charge in [-0.2, -0.15) is 0 Å². The number of fused-ring (bicyclic) bond motifs is 1. The van der Waals surface area contributed by atoms with Gasteiger partial charge in [-0.3, -0.25) is 0 Å². The van der Waals surface area contributed by atoms with Gasteiger partial charge < -0.3 is 5.32 Å². The second-order valence-electron chi connectivity index (χ2n) is 4.70. The van der Waals surface area contributed by atoms with Crippen molar-refractivity contribution >= 4 is 21.4 Å². The van der Waals surface area contributed by atoms with E-state index in [0.717, 1.165) is 28.5 Å². The third-order valence-electron chi connectivity index (χ3n) is 3.22. The molecule has 0 atom stereocenters. The monoisotopic (exact) mass is 309 g/mol. The summed E-state index contributed by atoms with van der Waals surface area (Å²) in [6.07, 6.45) is 1.70. The molecule has 2 N–H and O–H groups in total. The minimum atomic E-state index is -3.47. The van der Waals surface area contributed by atoms with E-state index in [1.165, 1.54) is 16.9 Å². The molecule has 2 aromatic rings. The predicted octanol–water partition coefficient (Wildman–Crippen LogP) is 1.53. The molecule has 1 aromatic heterocycles. The van der Waals surface area contributed by atoms with Crippen LogP contribution in [-0.4, -0.2) is 13.4 Å². The number of aryl methyl sites for hydroxylation is 1. The van der Waals surface area contributed by atoms with E-state index >= 15 is 0 Å². The molecule has 1 aliphatic heterocycles. The maximum absolute atomic E-state index is 12.3. The summed E-state index contributed by atoms with van der Waals surface area (Å²) in [7, 11) is -3.47. The molecule has 0 radical (unpaired) electrons. The summed E-state index contributed by atoms with van der Waals surface area (Å²) >= 11 is 1.50. The Morgan fingerprint density at radius 3 is 2.90 bits per heavy atom. The van der Waals surface area contributed by atoms with Gasteiger partial charge in [0.2, 0.25) is 10.0 Å². The number of rotatable bonds is 4. The van der Waals surface area contributed by atoms with Crippen molar-refractivity contribution in [2.24, 2.45) is 0 Å². The van der Waals surface area contributed by atoms with Crippen LogP contribution in [0.5, 0.6) is 0 Å². The van der Waals surface area contributed by atoms with Gasteiger partial charge in [-0.15, -0.1) is 11.3 Å². The van der Waals surface area contributed by atoms with Crippen molar-refractivity contribution in [2.45, 2.75) is 31.5 Å². The number of benzene rings is 1. The third kappa shape index (κ3) is 2.76. The number of hydrogen-bond donors (Lipinski definition) is 2. The second kappa shape index (κ2) is 5.25. The number of nitrogens with zero attached hydrogens (tertiary/aromatic N) is 1. The highest BCUT2D eigenvalue weighted by Gasteiger charge is 2.18. The quantitative estimate of drug-likeness (QED) is 0.898. The Labute approximate surface area is 122 Å². The number of nitrogens with one attached hydrogen (secondary N) is 2. The molecule has 106 valence electrons. The Bertz CT molecular complexity index is 738. The van der Waals surface area contributed by atoms with Crippen LogP contribution in [0.25, 0.3) is 0 Å². The second-order valence-corrected chi connectivity index (χ2v) is 7.79. The molecule has 20 heavy (non-hydrogen) atoms. The van der Waals surface area contributed by atoms with Gasteiger partial charge in [0.15, 0.2) is 0 Å². The molecular weight excluding hydrogens is 294 g/mol. The highest BCUT2D eigenvalue weighted by molar-refractivity contribution is 7.89. The van der Waals surface area contributed by atoms with E-state index in [9.17, 15) is 8.42 Å². The van der Waals surface area contributed by atoms with E-state index in [0.29, 0.717) is 4.90 Å². The van der Waals surface area contributed by atoms with Crippen LogP contribution in [0.15, 0.2) is 29.3 Å². The zero-order chi connectivity index (χ0) is 14.2. The lowest BCUT2D eigenvalue weighted by Gasteiger charge is -2.07. The van der Waals surface area contributed by atoms with E-state index in [2.05, 4.69) is 15.0 Å². The molecule has 0 saturated carbocycles. The maximum atomic E-state index is 12.3. The normalized spacial score (nSPS) is 14.4. The molecule has 1 aromatic carbocycles. The van der Waals surface area contributed by atoms with E-state index in [4.69, 9.17) is 0 Å². The fourth-order valence-electron chi connectivity index (χ4n) is 2.17. The van der Waals surface area contributed by atoms with Crippen LogP contribution in [0.2, 0.25) is 0 Å². The Morgan fingerprint density at radius 2 is 2.15 bits per heavy atom. The summed E-state index contributed by atoms with van der Waals surface area (Å²) in [6, 6.07) is 5.28. The Morgan fingerprint density at radius 1 is 1.35 bits per heavy atom. The standard InChI is InChI=1S/C13H15N3O2S2/c1-9-15-7-12(19-9)8-16-20(17,18)13-3-2-10-5-14-6-11(10)4-13/h2-4,7,14,16H,5-6,8H2,1H3. The van der Waals surface area contributed by atoms with Crippen molar-refractivity contribution in [1.29, 1.82) is 0 Å². The molecule has 0 unspecified atom stereocenters. The molecule has 0 amide bonds. The lowest BCUT2D eigenvalue weighted by molar-refractivity contribution is 0.581. The summed E-state index contributed by atoms with van der Waals surface area (Å²) in [4.78, 5) is 5.34. The minimum Gasteiger partial charge on any atom is -0.309 e. The van der Waals surface area contributed by atoms with Gasteiger partial charge in [-0.25, -0.2) is 18.1 Å². The Balaban J connectivity index is 1.78. The van der Waals surface area contributed by atoms with Gasteiger partial charge in [0.05, 0.1) is 9.90 Å². The van der Waals surface area contributed by atoms with E-state index < -0.39 is 10.0 Å². The summed E-state index contributed by atoms with van der Waals surface area (Å²) < 4.78 is 27.1. The van der Waals surface area contributed by atoms with Gasteiger partial charge in [-0.1, -0.05) is 6.07 Å². The highest BCUT2D eigenvalue weighted by Crippen LogP contribution is 2.20. The summed E-state index contributed by atoms with van der Waals surface area (Å²) in [6.45, 7) is 3.72. The van der Waals surface area contributed by atoms with Crippen molar-refractivity contribution < 1.29 is 8.42 Å². The zero-order valence-electron chi connectivity index (χ0n) is 11.0. The largest absolute Gasteiger partial charge is 0.309 e. The van der Waals surface area contributed by atoms with Gasteiger partial charge in [-0.05, 0) is 30.2 Å². The summed E-state index contributed by atoms with van der Waals surface area (Å²) in [5, 5.41) is 4.14. The zero-order valence-corrected chi connectivity index (χ0v) is 12.6. The average molecular weight is 309 g/mol. The van der Waals surface area contributed by atoms with Crippen LogP contribution in [0, 0.1) is 6.92 Å². The first-order chi connectivity index (χ1) is 9.54. The summed E-state index contributed by atoms with van der Waals surface area (Å²) in [5.41, 5.74) is 2.23. The third-order valence-corrected chi connectivity index (χ3v) is 5.54. The molecule has 0 bridgehead atoms. The van der Waals surface area contributed by atoms with Gasteiger partial charge in [0.25, 0.3) is 0 Å². The van der Waals surface area contributed by atoms with Crippen LogP contribution < -0.4 is 10.0 Å². The number of sulfonamides is 1. The van der Waals surface area contributed by atoms with Crippen molar-refractivity contribution in [3.05, 3.63) is 45.4 Å². The van der Waals surface area contributed by atoms with Gasteiger partial charge in [0.1, 0.15) is 0 Å². The smallest absolute Gasteiger partial charge is 0.240 e. The first-order valence-electron chi connectivity index (χ1n) is 6.28. The van der Waals surface area contributed by atoms with Crippen LogP contribution in [0.4, 0.5) is 0 Å². The molecule has 0 aliphatic carbocycles. The minimum absolute atomic E-state index is 0.281. The van der Waals surface area contributed by atoms with Crippen molar-refractivity contribution in [3.63, 3.8) is 0 Å². The lowest BCUT2D eigenvalue weighted by Crippen LogP contribution is -2.23. The highest BCUT2D eigenvalue weighted by atomic mass is 32.2. The molecule has 5 nitrogen and oxygen atoms in total. The lowest BCUT2D eigenvalue weighted by atomic mass is 10.1. The molecule has 3 rings (SSSR count). The van der Waals surface area contributed by atoms with E-state index in [1.54, 1.807) is 18.3 Å². The van der Waals surface area contributed by atoms with E-state index in [-0.39, 0.29) is 6.54 Å². The summed E-state index contributed by atoms with van der Waals surface area (Å²) in [5.74, 6) is 0. The first-order valence-corrected chi connectivity index (χ1v) is 8.58. The van der Waals surface area contributed by atoms with Crippen LogP contribution in [0.3, 0.4) is 0 Å². The molecule has 2 heterocycles. The van der Waals surface area contributed by atoms with Crippen molar-refractivity contribution in [2.75, 3.05) is 0 Å². The predicted molar refractivity (Wildman–Crippen MR) is 77.9 cm³/mol. The average Bonchev–Trinajstić information content (AvgIpc) is 3.04. The van der Waals surface area contributed by atoms with Crippen LogP contribution in [-0.2, 0) is 29.7 Å². The number of aromatic nitrogens is 1. The molecule has 0 saturated heterocycles. The van der Waals surface area contributed by atoms with Crippen molar-refractivity contribution in [3.8, 4) is 0 Å². The van der Waals surface area contributed by atoms with Crippen molar-refractivity contribution in [1.82, 2.24) is 15.0 Å². The van der Waals surface area contributed by atoms with Crippen LogP contribution in [0.1, 0.15) is 21.0 Å². The van der Waals surface area contributed by atoms with E-state index in [1.807, 2.05) is 13.0 Å². The topological polar surface area (TPSA) is 71.1 Å². The SMILES string of the molecule is Cc1ncc(CNS(=O)(=O)c2ccc3c(c2)CNC3)s1. The molecule has 0 fully saturated rings. The Hall–Kier alpha value is -1.28. The van der Waals surface area contributed by atoms with Gasteiger partial charge >= 0.3 is 0 Å².